The van der Waals surface area contributed by atoms with Gasteiger partial charge in [-0.1, -0.05) is 78.4 Å². The van der Waals surface area contributed by atoms with Gasteiger partial charge in [0.25, 0.3) is 5.70 Å². The number of thiocarbonyl (C=S) groups is 1. The molecule has 0 spiro atoms. The molecule has 3 aromatic carbocycles. The van der Waals surface area contributed by atoms with Crippen LogP contribution in [0, 0.1) is 0 Å². The van der Waals surface area contributed by atoms with Gasteiger partial charge >= 0.3 is 0 Å². The van der Waals surface area contributed by atoms with E-state index in [1.165, 1.54) is 0 Å². The lowest BCUT2D eigenvalue weighted by Crippen LogP contribution is -2.38. The first-order chi connectivity index (χ1) is 14.1. The maximum atomic E-state index is 11.1. The van der Waals surface area contributed by atoms with Crippen LogP contribution in [0.5, 0.6) is 0 Å². The molecule has 3 nitrogen and oxygen atoms in total. The second kappa shape index (κ2) is 8.43. The lowest BCUT2D eigenvalue weighted by Gasteiger charge is -2.12. The average Bonchev–Trinajstić information content (AvgIpc) is 2.75. The zero-order chi connectivity index (χ0) is 20.2. The van der Waals surface area contributed by atoms with Crippen molar-refractivity contribution in [3.8, 4) is 0 Å². The highest BCUT2D eigenvalue weighted by atomic mass is 35.5. The summed E-state index contributed by atoms with van der Waals surface area (Å²) in [6.07, 6.45) is 3.68. The zero-order valence-corrected chi connectivity index (χ0v) is 17.0. The molecule has 4 rings (SSSR count). The normalized spacial score (nSPS) is 11.8. The summed E-state index contributed by atoms with van der Waals surface area (Å²) in [5.41, 5.74) is 1.93. The van der Waals surface area contributed by atoms with E-state index < -0.39 is 0 Å². The fourth-order valence-electron chi connectivity index (χ4n) is 3.18. The third-order valence-corrected chi connectivity index (χ3v) is 5.08. The molecule has 0 aliphatic rings. The Balaban J connectivity index is 1.81. The quantitative estimate of drug-likeness (QED) is 0.182. The number of nitrogens with one attached hydrogen (secondary N) is 1. The molecule has 0 saturated heterocycles. The first-order valence-corrected chi connectivity index (χ1v) is 9.87. The van der Waals surface area contributed by atoms with Crippen molar-refractivity contribution in [2.24, 2.45) is 0 Å². The fourth-order valence-corrected chi connectivity index (χ4v) is 3.69. The molecule has 0 amide bonds. The molecule has 0 saturated carbocycles. The Kier molecular flexibility index (Phi) is 5.56. The number of pyridine rings is 1. The molecular formula is C24H18ClN2OS+. The Bertz CT molecular complexity index is 1220. The minimum atomic E-state index is 0.0430. The van der Waals surface area contributed by atoms with Gasteiger partial charge in [0.2, 0.25) is 0 Å². The van der Waals surface area contributed by atoms with E-state index in [2.05, 4.69) is 17.4 Å². The first-order valence-electron chi connectivity index (χ1n) is 9.08. The van der Waals surface area contributed by atoms with Gasteiger partial charge in [0.15, 0.2) is 23.1 Å². The Morgan fingerprint density at radius 2 is 1.59 bits per heavy atom. The van der Waals surface area contributed by atoms with Crippen molar-refractivity contribution >= 4 is 56.7 Å². The van der Waals surface area contributed by atoms with Gasteiger partial charge < -0.3 is 10.4 Å². The summed E-state index contributed by atoms with van der Waals surface area (Å²) in [5, 5.41) is 17.1. The Morgan fingerprint density at radius 3 is 2.38 bits per heavy atom. The zero-order valence-electron chi connectivity index (χ0n) is 15.4. The molecule has 0 fully saturated rings. The molecule has 142 valence electrons. The van der Waals surface area contributed by atoms with Gasteiger partial charge in [0.05, 0.1) is 0 Å². The second-order valence-corrected chi connectivity index (χ2v) is 7.32. The van der Waals surface area contributed by atoms with Crippen LogP contribution in [0.1, 0.15) is 5.56 Å². The smallest absolute Gasteiger partial charge is 0.288 e. The molecule has 0 aliphatic carbocycles. The monoisotopic (exact) mass is 417 g/mol. The molecule has 0 aliphatic heterocycles. The minimum Gasteiger partial charge on any atom is -0.502 e. The molecule has 1 heterocycles. The number of halogens is 1. The third-order valence-electron chi connectivity index (χ3n) is 4.55. The lowest BCUT2D eigenvalue weighted by atomic mass is 10.1. The number of nitrogens with zero attached hydrogens (tertiary/aromatic N) is 1. The van der Waals surface area contributed by atoms with Crippen LogP contribution in [0.3, 0.4) is 0 Å². The summed E-state index contributed by atoms with van der Waals surface area (Å²) < 4.78 is 1.79. The SMILES string of the molecule is OC(=C(C(=S)Nc1cccc2ccccc12)[n+]1ccccc1)c1cccc(Cl)c1. The summed E-state index contributed by atoms with van der Waals surface area (Å²) in [6.45, 7) is 0. The second-order valence-electron chi connectivity index (χ2n) is 6.47. The van der Waals surface area contributed by atoms with E-state index in [1.807, 2.05) is 60.9 Å². The van der Waals surface area contributed by atoms with Crippen molar-refractivity contribution in [2.45, 2.75) is 0 Å². The highest BCUT2D eigenvalue weighted by Crippen LogP contribution is 2.25. The molecule has 0 unspecified atom stereocenters. The van der Waals surface area contributed by atoms with E-state index in [9.17, 15) is 5.11 Å². The van der Waals surface area contributed by atoms with Crippen LogP contribution in [-0.4, -0.2) is 10.1 Å². The summed E-state index contributed by atoms with van der Waals surface area (Å²) >= 11 is 11.9. The van der Waals surface area contributed by atoms with E-state index in [1.54, 1.807) is 28.8 Å². The molecule has 0 atom stereocenters. The maximum absolute atomic E-state index is 11.1. The van der Waals surface area contributed by atoms with Gasteiger partial charge in [-0.2, -0.15) is 4.57 Å². The van der Waals surface area contributed by atoms with E-state index >= 15 is 0 Å². The molecule has 2 N–H and O–H groups in total. The molecule has 0 bridgehead atoms. The van der Waals surface area contributed by atoms with E-state index in [4.69, 9.17) is 23.8 Å². The standard InChI is InChI=1S/C24H17ClN2OS/c25-19-11-6-10-18(16-19)23(28)22(27-14-4-1-5-15-27)24(29)26-21-13-7-9-17-8-2-3-12-20(17)21/h1-16H,(H-,26,28,29)/p+1. The van der Waals surface area contributed by atoms with Gasteiger partial charge in [-0.25, -0.2) is 0 Å². The molecule has 4 aromatic rings. The summed E-state index contributed by atoms with van der Waals surface area (Å²) in [7, 11) is 0. The van der Waals surface area contributed by atoms with E-state index in [0.29, 0.717) is 21.3 Å². The van der Waals surface area contributed by atoms with Crippen LogP contribution in [-0.2, 0) is 0 Å². The van der Waals surface area contributed by atoms with Crippen LogP contribution >= 0.6 is 23.8 Å². The Morgan fingerprint density at radius 1 is 0.862 bits per heavy atom. The average molecular weight is 418 g/mol. The van der Waals surface area contributed by atoms with Crippen molar-refractivity contribution in [3.05, 3.63) is 108 Å². The highest BCUT2D eigenvalue weighted by molar-refractivity contribution is 7.81. The fraction of sp³-hybridized carbons (Fsp3) is 0. The number of fused-ring (bicyclic) bond motifs is 1. The summed E-state index contributed by atoms with van der Waals surface area (Å²) in [5.74, 6) is 0.0430. The Hall–Kier alpha value is -3.21. The van der Waals surface area contributed by atoms with E-state index in [0.717, 1.165) is 16.5 Å². The van der Waals surface area contributed by atoms with Crippen LogP contribution in [0.2, 0.25) is 5.02 Å². The Labute approximate surface area is 179 Å². The predicted molar refractivity (Wildman–Crippen MR) is 124 cm³/mol. The van der Waals surface area contributed by atoms with Crippen LogP contribution in [0.25, 0.3) is 22.2 Å². The van der Waals surface area contributed by atoms with Crippen molar-refractivity contribution in [3.63, 3.8) is 0 Å². The van der Waals surface area contributed by atoms with E-state index in [-0.39, 0.29) is 5.76 Å². The molecular weight excluding hydrogens is 400 g/mol. The van der Waals surface area contributed by atoms with Crippen LogP contribution in [0.15, 0.2) is 97.3 Å². The number of benzene rings is 3. The molecule has 5 heteroatoms. The lowest BCUT2D eigenvalue weighted by molar-refractivity contribution is -0.575. The van der Waals surface area contributed by atoms with Crippen molar-refractivity contribution in [1.29, 1.82) is 0 Å². The van der Waals surface area contributed by atoms with Gasteiger partial charge in [-0.05, 0) is 23.6 Å². The van der Waals surface area contributed by atoms with Gasteiger partial charge in [-0.15, -0.1) is 0 Å². The topological polar surface area (TPSA) is 36.1 Å². The van der Waals surface area contributed by atoms with Crippen molar-refractivity contribution in [2.75, 3.05) is 5.32 Å². The number of aromatic nitrogens is 1. The molecule has 29 heavy (non-hydrogen) atoms. The van der Waals surface area contributed by atoms with Gasteiger partial charge in [0.1, 0.15) is 0 Å². The van der Waals surface area contributed by atoms with Crippen LogP contribution < -0.4 is 9.88 Å². The minimum absolute atomic E-state index is 0.0430. The number of anilines is 1. The number of hydrogen-bond donors (Lipinski definition) is 2. The van der Waals surface area contributed by atoms with Gasteiger partial charge in [-0.3, -0.25) is 0 Å². The third kappa shape index (κ3) is 4.14. The number of aliphatic hydroxyl groups is 1. The predicted octanol–water partition coefficient (Wildman–Crippen LogP) is 6.10. The van der Waals surface area contributed by atoms with Crippen molar-refractivity contribution in [1.82, 2.24) is 0 Å². The summed E-state index contributed by atoms with van der Waals surface area (Å²) in [6, 6.07) is 26.8. The molecule has 0 radical (unpaired) electrons. The molecule has 1 aromatic heterocycles. The highest BCUT2D eigenvalue weighted by Gasteiger charge is 2.24. The van der Waals surface area contributed by atoms with Gasteiger partial charge in [0, 0.05) is 33.8 Å². The maximum Gasteiger partial charge on any atom is 0.288 e. The number of hydrogen-bond acceptors (Lipinski definition) is 2. The summed E-state index contributed by atoms with van der Waals surface area (Å²) in [4.78, 5) is 0.398. The number of aliphatic hydroxyl groups excluding tert-OH is 1. The van der Waals surface area contributed by atoms with Crippen LogP contribution in [0.4, 0.5) is 5.69 Å². The first kappa shape index (κ1) is 19.1. The largest absolute Gasteiger partial charge is 0.502 e. The van der Waals surface area contributed by atoms with Crippen molar-refractivity contribution < 1.29 is 9.67 Å². The number of rotatable bonds is 4.